The number of ether oxygens (including phenoxy) is 1. The van der Waals surface area contributed by atoms with Crippen molar-refractivity contribution in [2.75, 3.05) is 13.2 Å². The van der Waals surface area contributed by atoms with E-state index in [1.807, 2.05) is 30.7 Å². The largest absolute Gasteiger partial charge is 0.493 e. The normalized spacial score (nSPS) is 16.0. The second kappa shape index (κ2) is 12.4. The minimum Gasteiger partial charge on any atom is -0.493 e. The fraction of sp³-hybridized carbons (Fsp3) is 0.625. The zero-order valence-corrected chi connectivity index (χ0v) is 22.5. The molecule has 1 aromatic carbocycles. The average Bonchev–Trinajstić information content (AvgIpc) is 3.08. The molecular formula is C24H39IN6O. The minimum absolute atomic E-state index is 0. The van der Waals surface area contributed by atoms with E-state index in [0.29, 0.717) is 13.2 Å². The summed E-state index contributed by atoms with van der Waals surface area (Å²) >= 11 is 0. The highest BCUT2D eigenvalue weighted by Gasteiger charge is 2.23. The number of para-hydroxylation sites is 1. The molecule has 0 amide bonds. The van der Waals surface area contributed by atoms with E-state index in [1.54, 1.807) is 0 Å². The van der Waals surface area contributed by atoms with Crippen molar-refractivity contribution in [1.29, 1.82) is 0 Å². The number of aliphatic imine (C=N–C) groups is 1. The van der Waals surface area contributed by atoms with Crippen molar-refractivity contribution in [1.82, 2.24) is 25.4 Å². The van der Waals surface area contributed by atoms with E-state index in [9.17, 15) is 0 Å². The molecule has 8 heteroatoms. The van der Waals surface area contributed by atoms with Crippen molar-refractivity contribution in [3.63, 3.8) is 0 Å². The Kier molecular flexibility index (Phi) is 10.2. The fourth-order valence-electron chi connectivity index (χ4n) is 3.81. The molecule has 1 atom stereocenters. The lowest BCUT2D eigenvalue weighted by atomic mass is 9.87. The summed E-state index contributed by atoms with van der Waals surface area (Å²) in [6, 6.07) is 8.41. The predicted octanol–water partition coefficient (Wildman–Crippen LogP) is 4.91. The molecule has 0 saturated heterocycles. The number of nitrogens with one attached hydrogen (secondary N) is 2. The van der Waals surface area contributed by atoms with Crippen molar-refractivity contribution in [2.24, 2.45) is 17.5 Å². The van der Waals surface area contributed by atoms with Gasteiger partial charge in [0.15, 0.2) is 11.8 Å². The summed E-state index contributed by atoms with van der Waals surface area (Å²) in [6.45, 7) is 10.9. The maximum Gasteiger partial charge on any atom is 0.192 e. The van der Waals surface area contributed by atoms with Crippen LogP contribution in [0.3, 0.4) is 0 Å². The van der Waals surface area contributed by atoms with Gasteiger partial charge in [0.2, 0.25) is 0 Å². The smallest absolute Gasteiger partial charge is 0.192 e. The maximum atomic E-state index is 5.83. The van der Waals surface area contributed by atoms with Crippen molar-refractivity contribution in [3.05, 3.63) is 41.5 Å². The van der Waals surface area contributed by atoms with Crippen LogP contribution >= 0.6 is 24.0 Å². The van der Waals surface area contributed by atoms with Crippen LogP contribution in [0.1, 0.15) is 76.1 Å². The monoisotopic (exact) mass is 554 g/mol. The van der Waals surface area contributed by atoms with Gasteiger partial charge in [0, 0.05) is 25.6 Å². The van der Waals surface area contributed by atoms with E-state index >= 15 is 0 Å². The van der Waals surface area contributed by atoms with Gasteiger partial charge in [0.1, 0.15) is 18.1 Å². The van der Waals surface area contributed by atoms with Crippen LogP contribution in [-0.2, 0) is 13.6 Å². The SMILES string of the molecule is CCCCCC(C)(C)CNC(=NCc1nnc(C)n1C)NC1CCOc2ccccc21.I. The molecule has 1 aromatic heterocycles. The van der Waals surface area contributed by atoms with Gasteiger partial charge in [-0.25, -0.2) is 4.99 Å². The lowest BCUT2D eigenvalue weighted by Gasteiger charge is -2.30. The first-order chi connectivity index (χ1) is 14.9. The third-order valence-corrected chi connectivity index (χ3v) is 6.02. The highest BCUT2D eigenvalue weighted by atomic mass is 127. The Morgan fingerprint density at radius 2 is 2.03 bits per heavy atom. The van der Waals surface area contributed by atoms with E-state index in [4.69, 9.17) is 9.73 Å². The molecular weight excluding hydrogens is 515 g/mol. The van der Waals surface area contributed by atoms with E-state index in [1.165, 1.54) is 31.2 Å². The van der Waals surface area contributed by atoms with Crippen LogP contribution in [0.25, 0.3) is 0 Å². The van der Waals surface area contributed by atoms with Crippen LogP contribution < -0.4 is 15.4 Å². The number of hydrogen-bond acceptors (Lipinski definition) is 4. The predicted molar refractivity (Wildman–Crippen MR) is 141 cm³/mol. The quantitative estimate of drug-likeness (QED) is 0.200. The molecule has 0 spiro atoms. The average molecular weight is 555 g/mol. The molecule has 1 unspecified atom stereocenters. The van der Waals surface area contributed by atoms with E-state index in [2.05, 4.69) is 53.7 Å². The zero-order valence-electron chi connectivity index (χ0n) is 20.1. The molecule has 0 radical (unpaired) electrons. The third-order valence-electron chi connectivity index (χ3n) is 6.02. The molecule has 1 aliphatic rings. The van der Waals surface area contributed by atoms with Crippen molar-refractivity contribution < 1.29 is 4.74 Å². The van der Waals surface area contributed by atoms with Crippen molar-refractivity contribution in [2.45, 2.75) is 72.4 Å². The number of rotatable bonds is 9. The van der Waals surface area contributed by atoms with E-state index < -0.39 is 0 Å². The Balaban J connectivity index is 0.00000363. The van der Waals surface area contributed by atoms with Crippen LogP contribution in [-0.4, -0.2) is 33.9 Å². The minimum atomic E-state index is 0. The topological polar surface area (TPSA) is 76.4 Å². The standard InChI is InChI=1S/C24H38N6O.HI/c1-6-7-10-14-24(3,4)17-26-23(25-16-22-29-28-18(2)30(22)5)27-20-13-15-31-21-12-9-8-11-19(20)21;/h8-9,11-12,20H,6-7,10,13-17H2,1-5H3,(H2,25,26,27);1H. The summed E-state index contributed by atoms with van der Waals surface area (Å²) < 4.78 is 7.82. The van der Waals surface area contributed by atoms with Gasteiger partial charge in [-0.1, -0.05) is 58.2 Å². The van der Waals surface area contributed by atoms with Gasteiger partial charge in [0.05, 0.1) is 12.6 Å². The number of aryl methyl sites for hydroxylation is 1. The second-order valence-electron chi connectivity index (χ2n) is 9.23. The molecule has 178 valence electrons. The first-order valence-electron chi connectivity index (χ1n) is 11.5. The van der Waals surface area contributed by atoms with Crippen molar-refractivity contribution >= 4 is 29.9 Å². The van der Waals surface area contributed by atoms with Crippen LogP contribution in [0.5, 0.6) is 5.75 Å². The first kappa shape index (κ1) is 26.4. The number of hydrogen-bond donors (Lipinski definition) is 2. The first-order valence-corrected chi connectivity index (χ1v) is 11.5. The lowest BCUT2D eigenvalue weighted by molar-refractivity contribution is 0.260. The lowest BCUT2D eigenvalue weighted by Crippen LogP contribution is -2.44. The van der Waals surface area contributed by atoms with Crippen LogP contribution in [0.15, 0.2) is 29.3 Å². The summed E-state index contributed by atoms with van der Waals surface area (Å²) in [5, 5.41) is 15.7. The summed E-state index contributed by atoms with van der Waals surface area (Å²) in [4.78, 5) is 4.86. The Hall–Kier alpha value is -1.84. The number of halogens is 1. The maximum absolute atomic E-state index is 5.83. The van der Waals surface area contributed by atoms with Gasteiger partial charge in [-0.05, 0) is 24.8 Å². The van der Waals surface area contributed by atoms with Gasteiger partial charge in [-0.3, -0.25) is 0 Å². The number of unbranched alkanes of at least 4 members (excludes halogenated alkanes) is 2. The van der Waals surface area contributed by atoms with Gasteiger partial charge < -0.3 is 19.9 Å². The number of nitrogens with zero attached hydrogens (tertiary/aromatic N) is 4. The number of benzene rings is 1. The molecule has 2 heterocycles. The highest BCUT2D eigenvalue weighted by Crippen LogP contribution is 2.31. The number of guanidine groups is 1. The highest BCUT2D eigenvalue weighted by molar-refractivity contribution is 14.0. The van der Waals surface area contributed by atoms with Crippen LogP contribution in [0.4, 0.5) is 0 Å². The fourth-order valence-corrected chi connectivity index (χ4v) is 3.81. The molecule has 3 rings (SSSR count). The van der Waals surface area contributed by atoms with Gasteiger partial charge >= 0.3 is 0 Å². The van der Waals surface area contributed by atoms with E-state index in [-0.39, 0.29) is 35.4 Å². The zero-order chi connectivity index (χ0) is 22.3. The molecule has 0 bridgehead atoms. The molecule has 32 heavy (non-hydrogen) atoms. The Morgan fingerprint density at radius 1 is 1.25 bits per heavy atom. The molecule has 1 aliphatic heterocycles. The molecule has 7 nitrogen and oxygen atoms in total. The Bertz CT molecular complexity index is 879. The molecule has 2 aromatic rings. The van der Waals surface area contributed by atoms with Crippen LogP contribution in [0.2, 0.25) is 0 Å². The number of fused-ring (bicyclic) bond motifs is 1. The third kappa shape index (κ3) is 7.35. The van der Waals surface area contributed by atoms with Crippen LogP contribution in [0, 0.1) is 12.3 Å². The summed E-state index contributed by atoms with van der Waals surface area (Å²) in [6.07, 6.45) is 5.89. The molecule has 0 saturated carbocycles. The van der Waals surface area contributed by atoms with Gasteiger partial charge in [-0.2, -0.15) is 0 Å². The second-order valence-corrected chi connectivity index (χ2v) is 9.23. The Labute approximate surface area is 209 Å². The van der Waals surface area contributed by atoms with Crippen molar-refractivity contribution in [3.8, 4) is 5.75 Å². The molecule has 0 aliphatic carbocycles. The summed E-state index contributed by atoms with van der Waals surface area (Å²) in [7, 11) is 1.98. The van der Waals surface area contributed by atoms with Gasteiger partial charge in [0.25, 0.3) is 0 Å². The van der Waals surface area contributed by atoms with Gasteiger partial charge in [-0.15, -0.1) is 34.2 Å². The number of aromatic nitrogens is 3. The summed E-state index contributed by atoms with van der Waals surface area (Å²) in [5.41, 5.74) is 1.38. The molecule has 2 N–H and O–H groups in total. The summed E-state index contributed by atoms with van der Waals surface area (Å²) in [5.74, 6) is 3.51. The van der Waals surface area contributed by atoms with E-state index in [0.717, 1.165) is 36.3 Å². The Morgan fingerprint density at radius 3 is 2.75 bits per heavy atom. The molecule has 0 fully saturated rings.